The highest BCUT2D eigenvalue weighted by atomic mass is 14.5. The van der Waals surface area contributed by atoms with Gasteiger partial charge in [0, 0.05) is 0 Å². The Morgan fingerprint density at radius 1 is 1.11 bits per heavy atom. The molecule has 0 aliphatic heterocycles. The third-order valence-corrected chi connectivity index (χ3v) is 1.21. The van der Waals surface area contributed by atoms with E-state index in [1.165, 1.54) is 12.8 Å². The lowest BCUT2D eigenvalue weighted by Gasteiger charge is -1.92. The first-order chi connectivity index (χ1) is 4.41. The van der Waals surface area contributed by atoms with Gasteiger partial charge in [-0.3, -0.25) is 0 Å². The van der Waals surface area contributed by atoms with E-state index in [9.17, 15) is 0 Å². The van der Waals surface area contributed by atoms with Gasteiger partial charge in [0.2, 0.25) is 0 Å². The highest BCUT2D eigenvalue weighted by molar-refractivity contribution is 4.74. The van der Waals surface area contributed by atoms with Crippen molar-refractivity contribution >= 4 is 0 Å². The average molecular weight is 128 g/mol. The predicted octanol–water partition coefficient (Wildman–Crippen LogP) is 0.978. The van der Waals surface area contributed by atoms with Crippen LogP contribution in [-0.2, 0) is 0 Å². The van der Waals surface area contributed by atoms with E-state index in [0.29, 0.717) is 0 Å². The Morgan fingerprint density at radius 2 is 1.89 bits per heavy atom. The third kappa shape index (κ3) is 7.50. The molecule has 0 fully saturated rings. The molecule has 0 spiro atoms. The summed E-state index contributed by atoms with van der Waals surface area (Å²) in [4.78, 5) is 0. The molecule has 0 aromatic carbocycles. The van der Waals surface area contributed by atoms with E-state index in [1.807, 2.05) is 6.08 Å². The first-order valence-electron chi connectivity index (χ1n) is 3.48. The fraction of sp³-hybridized carbons (Fsp3) is 0.714. The number of allylic oxidation sites excluding steroid dienone is 1. The molecule has 4 N–H and O–H groups in total. The zero-order chi connectivity index (χ0) is 6.95. The molecule has 0 atom stereocenters. The van der Waals surface area contributed by atoms with Gasteiger partial charge < -0.3 is 11.5 Å². The normalized spacial score (nSPS) is 10.8. The number of rotatable bonds is 5. The molecule has 54 valence electrons. The average Bonchev–Trinajstić information content (AvgIpc) is 1.89. The van der Waals surface area contributed by atoms with E-state index >= 15 is 0 Å². The quantitative estimate of drug-likeness (QED) is 0.542. The number of unbranched alkanes of at least 4 members (excludes halogenated alkanes) is 3. The molecule has 0 saturated carbocycles. The summed E-state index contributed by atoms with van der Waals surface area (Å²) in [5.74, 6) is 0. The van der Waals surface area contributed by atoms with Gasteiger partial charge in [-0.15, -0.1) is 0 Å². The second-order valence-corrected chi connectivity index (χ2v) is 2.07. The molecular formula is C7H16N2. The topological polar surface area (TPSA) is 52.0 Å². The van der Waals surface area contributed by atoms with E-state index in [0.717, 1.165) is 19.4 Å². The lowest BCUT2D eigenvalue weighted by atomic mass is 10.2. The summed E-state index contributed by atoms with van der Waals surface area (Å²) in [6.45, 7) is 0.812. The van der Waals surface area contributed by atoms with Crippen LogP contribution in [0.1, 0.15) is 25.7 Å². The zero-order valence-corrected chi connectivity index (χ0v) is 5.84. The number of nitrogens with two attached hydrogens (primary N) is 2. The Bertz CT molecular complexity index is 69.3. The summed E-state index contributed by atoms with van der Waals surface area (Å²) in [6, 6.07) is 0. The molecule has 0 amide bonds. The zero-order valence-electron chi connectivity index (χ0n) is 5.84. The van der Waals surface area contributed by atoms with E-state index in [2.05, 4.69) is 0 Å². The van der Waals surface area contributed by atoms with Crippen molar-refractivity contribution in [2.75, 3.05) is 6.54 Å². The van der Waals surface area contributed by atoms with Gasteiger partial charge in [-0.25, -0.2) is 0 Å². The smallest absolute Gasteiger partial charge is 0.00773 e. The Balaban J connectivity index is 2.75. The lowest BCUT2D eigenvalue weighted by Crippen LogP contribution is -1.97. The Hall–Kier alpha value is -0.500. The second-order valence-electron chi connectivity index (χ2n) is 2.07. The Kier molecular flexibility index (Phi) is 7.08. The minimum atomic E-state index is 0.812. The van der Waals surface area contributed by atoms with E-state index in [4.69, 9.17) is 11.5 Å². The van der Waals surface area contributed by atoms with Crippen molar-refractivity contribution in [2.45, 2.75) is 25.7 Å². The van der Waals surface area contributed by atoms with E-state index < -0.39 is 0 Å². The maximum Gasteiger partial charge on any atom is -0.00773 e. The summed E-state index contributed by atoms with van der Waals surface area (Å²) in [5, 5.41) is 0. The molecule has 0 aromatic rings. The van der Waals surface area contributed by atoms with Gasteiger partial charge in [-0.05, 0) is 32.0 Å². The predicted molar refractivity (Wildman–Crippen MR) is 40.8 cm³/mol. The van der Waals surface area contributed by atoms with E-state index in [-0.39, 0.29) is 0 Å². The standard InChI is InChI=1S/C7H16N2/c8-6-4-2-1-3-5-7-9/h4,6H,1-3,5,7-9H2/b6-4+. The summed E-state index contributed by atoms with van der Waals surface area (Å²) < 4.78 is 0. The molecule has 0 rings (SSSR count). The summed E-state index contributed by atoms with van der Waals surface area (Å²) in [6.07, 6.45) is 8.25. The monoisotopic (exact) mass is 128 g/mol. The van der Waals surface area contributed by atoms with Gasteiger partial charge >= 0.3 is 0 Å². The van der Waals surface area contributed by atoms with Gasteiger partial charge in [0.1, 0.15) is 0 Å². The van der Waals surface area contributed by atoms with Crippen LogP contribution in [0.5, 0.6) is 0 Å². The SMILES string of the molecule is N/C=C/CCCCCN. The maximum atomic E-state index is 5.30. The van der Waals surface area contributed by atoms with Gasteiger partial charge in [-0.2, -0.15) is 0 Å². The van der Waals surface area contributed by atoms with Gasteiger partial charge in [-0.1, -0.05) is 12.5 Å². The van der Waals surface area contributed by atoms with Gasteiger partial charge in [0.25, 0.3) is 0 Å². The molecule has 0 aliphatic carbocycles. The van der Waals surface area contributed by atoms with Crippen LogP contribution in [0.25, 0.3) is 0 Å². The molecule has 0 saturated heterocycles. The molecule has 0 heterocycles. The van der Waals surface area contributed by atoms with Crippen LogP contribution >= 0.6 is 0 Å². The highest BCUT2D eigenvalue weighted by Gasteiger charge is 1.82. The van der Waals surface area contributed by atoms with Crippen molar-refractivity contribution in [3.63, 3.8) is 0 Å². The van der Waals surface area contributed by atoms with Crippen molar-refractivity contribution in [2.24, 2.45) is 11.5 Å². The summed E-state index contributed by atoms with van der Waals surface area (Å²) in [5.41, 5.74) is 10.4. The van der Waals surface area contributed by atoms with Crippen LogP contribution in [0.3, 0.4) is 0 Å². The molecule has 2 heteroatoms. The van der Waals surface area contributed by atoms with Gasteiger partial charge in [0.05, 0.1) is 0 Å². The third-order valence-electron chi connectivity index (χ3n) is 1.21. The number of hydrogen-bond donors (Lipinski definition) is 2. The molecule has 9 heavy (non-hydrogen) atoms. The van der Waals surface area contributed by atoms with Crippen molar-refractivity contribution in [1.82, 2.24) is 0 Å². The minimum Gasteiger partial charge on any atom is -0.405 e. The van der Waals surface area contributed by atoms with Crippen LogP contribution < -0.4 is 11.5 Å². The van der Waals surface area contributed by atoms with Crippen LogP contribution in [0, 0.1) is 0 Å². The molecule has 0 unspecified atom stereocenters. The molecule has 2 nitrogen and oxygen atoms in total. The highest BCUT2D eigenvalue weighted by Crippen LogP contribution is 1.97. The van der Waals surface area contributed by atoms with Crippen molar-refractivity contribution in [3.8, 4) is 0 Å². The number of hydrogen-bond acceptors (Lipinski definition) is 2. The molecule has 0 bridgehead atoms. The van der Waals surface area contributed by atoms with Crippen LogP contribution in [0.4, 0.5) is 0 Å². The Morgan fingerprint density at radius 3 is 2.44 bits per heavy atom. The minimum absolute atomic E-state index is 0.812. The second kappa shape index (κ2) is 7.50. The van der Waals surface area contributed by atoms with Crippen LogP contribution in [0.2, 0.25) is 0 Å². The molecule has 0 aromatic heterocycles. The first-order valence-corrected chi connectivity index (χ1v) is 3.48. The van der Waals surface area contributed by atoms with Crippen molar-refractivity contribution in [3.05, 3.63) is 12.3 Å². The van der Waals surface area contributed by atoms with Crippen molar-refractivity contribution in [1.29, 1.82) is 0 Å². The molecule has 0 aliphatic rings. The van der Waals surface area contributed by atoms with Crippen LogP contribution in [-0.4, -0.2) is 6.54 Å². The lowest BCUT2D eigenvalue weighted by molar-refractivity contribution is 0.695. The fourth-order valence-electron chi connectivity index (χ4n) is 0.680. The van der Waals surface area contributed by atoms with Crippen molar-refractivity contribution < 1.29 is 0 Å². The fourth-order valence-corrected chi connectivity index (χ4v) is 0.680. The summed E-state index contributed by atoms with van der Waals surface area (Å²) in [7, 11) is 0. The van der Waals surface area contributed by atoms with Crippen LogP contribution in [0.15, 0.2) is 12.3 Å². The maximum absolute atomic E-state index is 5.30. The summed E-state index contributed by atoms with van der Waals surface area (Å²) >= 11 is 0. The first kappa shape index (κ1) is 8.50. The largest absolute Gasteiger partial charge is 0.405 e. The Labute approximate surface area is 56.9 Å². The molecular weight excluding hydrogens is 112 g/mol. The molecule has 0 radical (unpaired) electrons. The van der Waals surface area contributed by atoms with Gasteiger partial charge in [0.15, 0.2) is 0 Å². The van der Waals surface area contributed by atoms with E-state index in [1.54, 1.807) is 6.20 Å².